The van der Waals surface area contributed by atoms with E-state index in [9.17, 15) is 13.2 Å². The minimum absolute atomic E-state index is 0.0794. The number of carbonyl (C=O) groups is 1. The normalized spacial score (nSPS) is 16.8. The summed E-state index contributed by atoms with van der Waals surface area (Å²) < 4.78 is 30.8. The Hall–Kier alpha value is -3.27. The largest absolute Gasteiger partial charge is 0.382 e. The lowest BCUT2D eigenvalue weighted by Gasteiger charge is -2.14. The van der Waals surface area contributed by atoms with Crippen LogP contribution in [-0.4, -0.2) is 36.5 Å². The van der Waals surface area contributed by atoms with Gasteiger partial charge in [-0.15, -0.1) is 0 Å². The number of carbonyl (C=O) groups excluding carboxylic acids is 1. The van der Waals surface area contributed by atoms with Crippen molar-refractivity contribution in [1.29, 1.82) is 0 Å². The van der Waals surface area contributed by atoms with Gasteiger partial charge >= 0.3 is 16.1 Å². The highest BCUT2D eigenvalue weighted by Gasteiger charge is 2.23. The third-order valence-electron chi connectivity index (χ3n) is 5.67. The number of imidazole rings is 1. The van der Waals surface area contributed by atoms with E-state index in [1.54, 1.807) is 36.4 Å². The van der Waals surface area contributed by atoms with Crippen LogP contribution in [0.3, 0.4) is 0 Å². The molecule has 9 nitrogen and oxygen atoms in total. The van der Waals surface area contributed by atoms with Crippen molar-refractivity contribution in [3.8, 4) is 5.75 Å². The first-order valence-corrected chi connectivity index (χ1v) is 12.2. The fourth-order valence-corrected chi connectivity index (χ4v) is 4.77. The number of aromatic amines is 1. The molecule has 0 bridgehead atoms. The Morgan fingerprint density at radius 2 is 1.75 bits per heavy atom. The molecule has 5 rings (SSSR count). The van der Waals surface area contributed by atoms with E-state index in [1.807, 2.05) is 0 Å². The second-order valence-corrected chi connectivity index (χ2v) is 9.87. The summed E-state index contributed by atoms with van der Waals surface area (Å²) in [6, 6.07) is 11.7. The number of rotatable bonds is 7. The Labute approximate surface area is 186 Å². The minimum atomic E-state index is -3.99. The lowest BCUT2D eigenvalue weighted by molar-refractivity contribution is 0.251. The van der Waals surface area contributed by atoms with E-state index in [0.29, 0.717) is 17.1 Å². The zero-order valence-corrected chi connectivity index (χ0v) is 18.2. The zero-order valence-electron chi connectivity index (χ0n) is 17.4. The fourth-order valence-electron chi connectivity index (χ4n) is 3.85. The summed E-state index contributed by atoms with van der Waals surface area (Å²) in [5, 5.41) is 8.90. The number of hydrogen-bond donors (Lipinski definition) is 4. The highest BCUT2D eigenvalue weighted by Crippen LogP contribution is 2.26. The van der Waals surface area contributed by atoms with Crippen molar-refractivity contribution < 1.29 is 17.4 Å². The van der Waals surface area contributed by atoms with Crippen LogP contribution in [-0.2, 0) is 10.1 Å². The molecule has 168 valence electrons. The van der Waals surface area contributed by atoms with Crippen LogP contribution in [0.2, 0.25) is 0 Å². The van der Waals surface area contributed by atoms with Crippen LogP contribution in [0.25, 0.3) is 11.0 Å². The molecule has 2 aromatic carbocycles. The van der Waals surface area contributed by atoms with E-state index in [1.165, 1.54) is 18.9 Å². The molecule has 0 saturated heterocycles. The molecule has 2 amide bonds. The topological polar surface area (TPSA) is 125 Å². The molecule has 2 aliphatic rings. The van der Waals surface area contributed by atoms with Gasteiger partial charge in [0.2, 0.25) is 5.95 Å². The average Bonchev–Trinajstić information content (AvgIpc) is 3.25. The summed E-state index contributed by atoms with van der Waals surface area (Å²) in [4.78, 5) is 19.2. The number of hydrogen-bond acceptors (Lipinski definition) is 6. The van der Waals surface area contributed by atoms with Gasteiger partial charge in [-0.25, -0.2) is 9.78 Å². The number of aromatic nitrogens is 2. The summed E-state index contributed by atoms with van der Waals surface area (Å²) >= 11 is 0. The lowest BCUT2D eigenvalue weighted by Crippen LogP contribution is -2.30. The van der Waals surface area contributed by atoms with Crippen LogP contribution >= 0.6 is 0 Å². The molecule has 4 N–H and O–H groups in total. The zero-order chi connectivity index (χ0) is 22.1. The number of nitrogens with zero attached hydrogens (tertiary/aromatic N) is 1. The molecule has 1 aromatic heterocycles. The number of urea groups is 1. The smallest absolute Gasteiger partial charge is 0.339 e. The van der Waals surface area contributed by atoms with Crippen LogP contribution in [0, 0.1) is 0 Å². The lowest BCUT2D eigenvalue weighted by atomic mass is 10.2. The van der Waals surface area contributed by atoms with Gasteiger partial charge < -0.3 is 19.8 Å². The van der Waals surface area contributed by atoms with E-state index < -0.39 is 10.1 Å². The molecule has 3 aromatic rings. The number of benzene rings is 2. The van der Waals surface area contributed by atoms with Gasteiger partial charge in [-0.3, -0.25) is 5.32 Å². The second kappa shape index (κ2) is 8.34. The molecule has 0 spiro atoms. The van der Waals surface area contributed by atoms with E-state index >= 15 is 0 Å². The highest BCUT2D eigenvalue weighted by atomic mass is 32.2. The predicted octanol–water partition coefficient (Wildman–Crippen LogP) is 3.97. The molecule has 10 heteroatoms. The molecule has 2 fully saturated rings. The molecular formula is C22H25N5O4S. The molecule has 0 aliphatic heterocycles. The van der Waals surface area contributed by atoms with Crippen molar-refractivity contribution in [2.75, 3.05) is 10.6 Å². The van der Waals surface area contributed by atoms with Crippen molar-refractivity contribution in [2.45, 2.75) is 55.5 Å². The van der Waals surface area contributed by atoms with E-state index in [2.05, 4.69) is 25.9 Å². The summed E-state index contributed by atoms with van der Waals surface area (Å²) in [5.41, 5.74) is 2.04. The van der Waals surface area contributed by atoms with E-state index in [-0.39, 0.29) is 28.7 Å². The number of fused-ring (bicyclic) bond motifs is 1. The Morgan fingerprint density at radius 3 is 2.47 bits per heavy atom. The maximum Gasteiger partial charge on any atom is 0.339 e. The molecule has 2 aliphatic carbocycles. The third-order valence-corrected chi connectivity index (χ3v) is 6.94. The van der Waals surface area contributed by atoms with Crippen molar-refractivity contribution in [2.24, 2.45) is 0 Å². The van der Waals surface area contributed by atoms with E-state index in [0.717, 1.165) is 31.4 Å². The third kappa shape index (κ3) is 4.80. The van der Waals surface area contributed by atoms with Gasteiger partial charge in [0.1, 0.15) is 10.6 Å². The van der Waals surface area contributed by atoms with Gasteiger partial charge in [-0.1, -0.05) is 12.8 Å². The first-order chi connectivity index (χ1) is 15.4. The summed E-state index contributed by atoms with van der Waals surface area (Å²) in [7, 11) is -3.99. The van der Waals surface area contributed by atoms with Crippen molar-refractivity contribution >= 4 is 38.8 Å². The quantitative estimate of drug-likeness (QED) is 0.400. The Morgan fingerprint density at radius 1 is 1.00 bits per heavy atom. The second-order valence-electron chi connectivity index (χ2n) is 8.32. The van der Waals surface area contributed by atoms with E-state index in [4.69, 9.17) is 4.18 Å². The molecular weight excluding hydrogens is 430 g/mol. The molecule has 2 saturated carbocycles. The summed E-state index contributed by atoms with van der Waals surface area (Å²) in [5.74, 6) is 0.426. The number of amides is 2. The van der Waals surface area contributed by atoms with Crippen LogP contribution in [0.15, 0.2) is 47.4 Å². The number of anilines is 2. The van der Waals surface area contributed by atoms with Crippen molar-refractivity contribution in [3.05, 3.63) is 42.5 Å². The summed E-state index contributed by atoms with van der Waals surface area (Å²) in [6.07, 6.45) is 6.71. The minimum Gasteiger partial charge on any atom is -0.382 e. The van der Waals surface area contributed by atoms with Gasteiger partial charge in [0, 0.05) is 23.8 Å². The maximum atomic E-state index is 12.7. The van der Waals surface area contributed by atoms with Crippen molar-refractivity contribution in [3.63, 3.8) is 0 Å². The molecule has 0 radical (unpaired) electrons. The Kier molecular flexibility index (Phi) is 5.38. The monoisotopic (exact) mass is 455 g/mol. The molecule has 0 unspecified atom stereocenters. The van der Waals surface area contributed by atoms with Crippen molar-refractivity contribution in [1.82, 2.24) is 15.3 Å². The SMILES string of the molecule is O=C(Nc1nc2cc(OS(=O)(=O)c3ccc(NC4CCCC4)cc3)ccc2[nH]1)NC1CC1. The molecule has 32 heavy (non-hydrogen) atoms. The Bertz CT molecular complexity index is 1230. The Balaban J connectivity index is 1.26. The first-order valence-electron chi connectivity index (χ1n) is 10.8. The molecule has 1 heterocycles. The first kappa shape index (κ1) is 20.6. The highest BCUT2D eigenvalue weighted by molar-refractivity contribution is 7.87. The number of nitrogens with one attached hydrogen (secondary N) is 4. The van der Waals surface area contributed by atoms with Crippen LogP contribution in [0.1, 0.15) is 38.5 Å². The van der Waals surface area contributed by atoms with Crippen LogP contribution < -0.4 is 20.1 Å². The standard InChI is InChI=1S/C22H25N5O4S/c28-22(24-16-5-6-16)27-21-25-19-12-9-17(13-20(19)26-21)31-32(29,30)18-10-7-15(8-11-18)23-14-3-1-2-4-14/h7-14,16,23H,1-6H2,(H3,24,25,26,27,28). The summed E-state index contributed by atoms with van der Waals surface area (Å²) in [6.45, 7) is 0. The van der Waals surface area contributed by atoms with Gasteiger partial charge in [-0.05, 0) is 62.1 Å². The van der Waals surface area contributed by atoms with Gasteiger partial charge in [0.15, 0.2) is 0 Å². The maximum absolute atomic E-state index is 12.7. The fraction of sp³-hybridized carbons (Fsp3) is 0.364. The number of H-pyrrole nitrogens is 1. The predicted molar refractivity (Wildman–Crippen MR) is 121 cm³/mol. The molecule has 0 atom stereocenters. The van der Waals surface area contributed by atoms with Gasteiger partial charge in [0.05, 0.1) is 11.0 Å². The van der Waals surface area contributed by atoms with Crippen LogP contribution in [0.4, 0.5) is 16.4 Å². The van der Waals surface area contributed by atoms with Gasteiger partial charge in [-0.2, -0.15) is 8.42 Å². The average molecular weight is 456 g/mol. The van der Waals surface area contributed by atoms with Crippen LogP contribution in [0.5, 0.6) is 5.75 Å². The van der Waals surface area contributed by atoms with Gasteiger partial charge in [0.25, 0.3) is 0 Å².